The lowest BCUT2D eigenvalue weighted by molar-refractivity contribution is 0.178. The zero-order valence-corrected chi connectivity index (χ0v) is 10.5. The van der Waals surface area contributed by atoms with Gasteiger partial charge in [-0.05, 0) is 24.1 Å². The molecule has 0 radical (unpaired) electrons. The Balaban J connectivity index is 2.05. The van der Waals surface area contributed by atoms with Crippen LogP contribution in [0.4, 0.5) is 0 Å². The van der Waals surface area contributed by atoms with Crippen LogP contribution in [-0.4, -0.2) is 22.2 Å². The van der Waals surface area contributed by atoms with Crippen molar-refractivity contribution < 1.29 is 9.84 Å². The van der Waals surface area contributed by atoms with Crippen LogP contribution >= 0.6 is 0 Å². The number of ether oxygens (including phenoxy) is 1. The first-order valence-corrected chi connectivity index (χ1v) is 5.78. The van der Waals surface area contributed by atoms with Gasteiger partial charge in [0.05, 0.1) is 13.2 Å². The first-order valence-electron chi connectivity index (χ1n) is 5.78. The lowest BCUT2D eigenvalue weighted by Gasteiger charge is -2.10. The molecule has 2 rings (SSSR count). The van der Waals surface area contributed by atoms with Gasteiger partial charge < -0.3 is 9.84 Å². The summed E-state index contributed by atoms with van der Waals surface area (Å²) in [4.78, 5) is 8.28. The molecule has 4 nitrogen and oxygen atoms in total. The smallest absolute Gasteiger partial charge is 0.212 e. The minimum Gasteiger partial charge on any atom is -0.481 e. The van der Waals surface area contributed by atoms with E-state index in [9.17, 15) is 5.11 Å². The molecule has 0 spiro atoms. The fourth-order valence-corrected chi connectivity index (χ4v) is 1.67. The highest BCUT2D eigenvalue weighted by atomic mass is 16.5. The molecule has 18 heavy (non-hydrogen) atoms. The Kier molecular flexibility index (Phi) is 3.89. The van der Waals surface area contributed by atoms with Crippen LogP contribution < -0.4 is 4.74 Å². The SMILES string of the molecule is COc1ccc(CC(O)c2ccc(C)nc2)cn1. The number of hydrogen-bond donors (Lipinski definition) is 1. The summed E-state index contributed by atoms with van der Waals surface area (Å²) in [7, 11) is 1.58. The van der Waals surface area contributed by atoms with Gasteiger partial charge in [0.25, 0.3) is 0 Å². The number of aliphatic hydroxyl groups excluding tert-OH is 1. The minimum absolute atomic E-state index is 0.516. The van der Waals surface area contributed by atoms with Crippen LogP contribution in [0, 0.1) is 6.92 Å². The van der Waals surface area contributed by atoms with E-state index in [2.05, 4.69) is 9.97 Å². The van der Waals surface area contributed by atoms with Gasteiger partial charge in [0.2, 0.25) is 5.88 Å². The Labute approximate surface area is 106 Å². The van der Waals surface area contributed by atoms with Crippen molar-refractivity contribution in [1.82, 2.24) is 9.97 Å². The number of aryl methyl sites for hydroxylation is 1. The molecular weight excluding hydrogens is 228 g/mol. The largest absolute Gasteiger partial charge is 0.481 e. The Morgan fingerprint density at radius 2 is 2.00 bits per heavy atom. The highest BCUT2D eigenvalue weighted by Crippen LogP contribution is 2.18. The van der Waals surface area contributed by atoms with Crippen molar-refractivity contribution in [2.24, 2.45) is 0 Å². The summed E-state index contributed by atoms with van der Waals surface area (Å²) in [6.07, 6.45) is 3.37. The molecule has 0 fully saturated rings. The maximum atomic E-state index is 10.1. The fourth-order valence-electron chi connectivity index (χ4n) is 1.67. The topological polar surface area (TPSA) is 55.2 Å². The van der Waals surface area contributed by atoms with Crippen LogP contribution in [0.3, 0.4) is 0 Å². The number of hydrogen-bond acceptors (Lipinski definition) is 4. The first kappa shape index (κ1) is 12.5. The average Bonchev–Trinajstić information content (AvgIpc) is 2.40. The monoisotopic (exact) mass is 244 g/mol. The summed E-state index contributed by atoms with van der Waals surface area (Å²) in [6.45, 7) is 1.92. The number of rotatable bonds is 4. The summed E-state index contributed by atoms with van der Waals surface area (Å²) in [5.41, 5.74) is 2.72. The highest BCUT2D eigenvalue weighted by molar-refractivity contribution is 5.22. The summed E-state index contributed by atoms with van der Waals surface area (Å²) in [6, 6.07) is 7.47. The standard InChI is InChI=1S/C14H16N2O2/c1-10-3-5-12(9-15-10)13(17)7-11-4-6-14(18-2)16-8-11/h3-6,8-9,13,17H,7H2,1-2H3. The summed E-state index contributed by atoms with van der Waals surface area (Å²) in [5.74, 6) is 0.574. The molecule has 1 unspecified atom stereocenters. The molecule has 0 aromatic carbocycles. The Morgan fingerprint density at radius 1 is 1.17 bits per heavy atom. The van der Waals surface area contributed by atoms with E-state index in [0.29, 0.717) is 12.3 Å². The quantitative estimate of drug-likeness (QED) is 0.894. The second-order valence-corrected chi connectivity index (χ2v) is 4.16. The van der Waals surface area contributed by atoms with Crippen molar-refractivity contribution in [2.45, 2.75) is 19.4 Å². The lowest BCUT2D eigenvalue weighted by Crippen LogP contribution is -2.03. The Hall–Kier alpha value is -1.94. The molecule has 0 aliphatic rings. The number of nitrogens with zero attached hydrogens (tertiary/aromatic N) is 2. The molecule has 0 saturated heterocycles. The number of aliphatic hydroxyl groups is 1. The van der Waals surface area contributed by atoms with Crippen LogP contribution in [0.15, 0.2) is 36.7 Å². The maximum Gasteiger partial charge on any atom is 0.212 e. The van der Waals surface area contributed by atoms with Crippen molar-refractivity contribution >= 4 is 0 Å². The van der Waals surface area contributed by atoms with Crippen molar-refractivity contribution in [1.29, 1.82) is 0 Å². The van der Waals surface area contributed by atoms with E-state index in [1.807, 2.05) is 25.1 Å². The normalized spacial score (nSPS) is 12.2. The zero-order valence-electron chi connectivity index (χ0n) is 10.5. The van der Waals surface area contributed by atoms with Gasteiger partial charge >= 0.3 is 0 Å². The molecule has 94 valence electrons. The van der Waals surface area contributed by atoms with Gasteiger partial charge in [-0.25, -0.2) is 4.98 Å². The van der Waals surface area contributed by atoms with Crippen molar-refractivity contribution in [3.05, 3.63) is 53.5 Å². The summed E-state index contributed by atoms with van der Waals surface area (Å²) in [5, 5.41) is 10.1. The van der Waals surface area contributed by atoms with E-state index >= 15 is 0 Å². The van der Waals surface area contributed by atoms with Crippen LogP contribution in [0.5, 0.6) is 5.88 Å². The lowest BCUT2D eigenvalue weighted by atomic mass is 10.0. The van der Waals surface area contributed by atoms with Crippen LogP contribution in [-0.2, 0) is 6.42 Å². The van der Waals surface area contributed by atoms with E-state index in [-0.39, 0.29) is 0 Å². The molecule has 4 heteroatoms. The third-order valence-corrected chi connectivity index (χ3v) is 2.75. The molecule has 2 aromatic heterocycles. The van der Waals surface area contributed by atoms with E-state index < -0.39 is 6.10 Å². The van der Waals surface area contributed by atoms with E-state index in [0.717, 1.165) is 16.8 Å². The van der Waals surface area contributed by atoms with Gasteiger partial charge in [0.15, 0.2) is 0 Å². The molecule has 2 aromatic rings. The maximum absolute atomic E-state index is 10.1. The molecule has 1 N–H and O–H groups in total. The summed E-state index contributed by atoms with van der Waals surface area (Å²) < 4.78 is 4.99. The molecular formula is C14H16N2O2. The molecule has 0 aliphatic carbocycles. The zero-order chi connectivity index (χ0) is 13.0. The summed E-state index contributed by atoms with van der Waals surface area (Å²) >= 11 is 0. The van der Waals surface area contributed by atoms with Crippen molar-refractivity contribution in [3.63, 3.8) is 0 Å². The highest BCUT2D eigenvalue weighted by Gasteiger charge is 2.09. The number of aromatic nitrogens is 2. The molecule has 0 amide bonds. The second kappa shape index (κ2) is 5.60. The Morgan fingerprint density at radius 3 is 2.56 bits per heavy atom. The van der Waals surface area contributed by atoms with Gasteiger partial charge in [-0.2, -0.15) is 0 Å². The molecule has 2 heterocycles. The van der Waals surface area contributed by atoms with Crippen LogP contribution in [0.25, 0.3) is 0 Å². The van der Waals surface area contributed by atoms with Crippen molar-refractivity contribution in [3.8, 4) is 5.88 Å². The van der Waals surface area contributed by atoms with E-state index in [1.54, 1.807) is 25.6 Å². The Bertz CT molecular complexity index is 494. The van der Waals surface area contributed by atoms with Gasteiger partial charge in [-0.15, -0.1) is 0 Å². The van der Waals surface area contributed by atoms with E-state index in [4.69, 9.17) is 4.74 Å². The predicted molar refractivity (Wildman–Crippen MR) is 68.4 cm³/mol. The predicted octanol–water partition coefficient (Wildman–Crippen LogP) is 2.07. The third kappa shape index (κ3) is 3.05. The van der Waals surface area contributed by atoms with Crippen LogP contribution in [0.1, 0.15) is 22.9 Å². The minimum atomic E-state index is -0.562. The molecule has 1 atom stereocenters. The molecule has 0 saturated carbocycles. The molecule has 0 aliphatic heterocycles. The van der Waals surface area contributed by atoms with Crippen LogP contribution in [0.2, 0.25) is 0 Å². The number of pyridine rings is 2. The third-order valence-electron chi connectivity index (χ3n) is 2.75. The molecule has 0 bridgehead atoms. The number of methoxy groups -OCH3 is 1. The van der Waals surface area contributed by atoms with Gasteiger partial charge in [-0.3, -0.25) is 4.98 Å². The fraction of sp³-hybridized carbons (Fsp3) is 0.286. The first-order chi connectivity index (χ1) is 8.69. The second-order valence-electron chi connectivity index (χ2n) is 4.16. The van der Waals surface area contributed by atoms with Gasteiger partial charge in [0.1, 0.15) is 0 Å². The van der Waals surface area contributed by atoms with Gasteiger partial charge in [-0.1, -0.05) is 12.1 Å². The van der Waals surface area contributed by atoms with Crippen molar-refractivity contribution in [2.75, 3.05) is 7.11 Å². The van der Waals surface area contributed by atoms with Gasteiger partial charge in [0, 0.05) is 30.6 Å². The average molecular weight is 244 g/mol. The van der Waals surface area contributed by atoms with E-state index in [1.165, 1.54) is 0 Å².